The Labute approximate surface area is 144 Å². The maximum Gasteiger partial charge on any atom is 0.243 e. The summed E-state index contributed by atoms with van der Waals surface area (Å²) in [5.74, 6) is 4.96. The predicted octanol–water partition coefficient (Wildman–Crippen LogP) is 1.40. The van der Waals surface area contributed by atoms with Gasteiger partial charge in [0.05, 0.1) is 0 Å². The van der Waals surface area contributed by atoms with Crippen LogP contribution < -0.4 is 11.3 Å². The van der Waals surface area contributed by atoms with E-state index >= 15 is 0 Å². The molecule has 1 atom stereocenters. The molecule has 2 rings (SSSR count). The van der Waals surface area contributed by atoms with Crippen LogP contribution in [0.15, 0.2) is 24.3 Å². The molecule has 1 heterocycles. The first-order valence-electron chi connectivity index (χ1n) is 8.53. The molecule has 3 N–H and O–H groups in total. The van der Waals surface area contributed by atoms with Gasteiger partial charge in [-0.1, -0.05) is 38.1 Å². The van der Waals surface area contributed by atoms with Crippen LogP contribution in [0.1, 0.15) is 50.3 Å². The smallest absolute Gasteiger partial charge is 0.243 e. The molecule has 1 aliphatic rings. The van der Waals surface area contributed by atoms with Crippen LogP contribution in [0.5, 0.6) is 0 Å². The Morgan fingerprint density at radius 3 is 2.08 bits per heavy atom. The van der Waals surface area contributed by atoms with Crippen LogP contribution in [0, 0.1) is 0 Å². The molecule has 0 bridgehead atoms. The number of benzene rings is 1. The SMILES string of the molecule is CC(C)c1ccc(C(C)N2CCN(C(=O)CC(=O)NN)CC2)cc1. The normalized spacial score (nSPS) is 17.0. The van der Waals surface area contributed by atoms with Crippen LogP contribution in [0.25, 0.3) is 0 Å². The molecule has 1 aliphatic heterocycles. The van der Waals surface area contributed by atoms with E-state index in [4.69, 9.17) is 5.84 Å². The Hall–Kier alpha value is -1.92. The third kappa shape index (κ3) is 4.55. The number of hydrogen-bond donors (Lipinski definition) is 2. The number of carbonyl (C=O) groups excluding carboxylic acids is 2. The Balaban J connectivity index is 1.89. The zero-order chi connectivity index (χ0) is 17.7. The molecule has 6 nitrogen and oxygen atoms in total. The Morgan fingerprint density at radius 2 is 1.58 bits per heavy atom. The van der Waals surface area contributed by atoms with Crippen molar-refractivity contribution in [1.82, 2.24) is 15.2 Å². The highest BCUT2D eigenvalue weighted by Crippen LogP contribution is 2.24. The molecule has 0 radical (unpaired) electrons. The first-order valence-corrected chi connectivity index (χ1v) is 8.53. The number of nitrogens with two attached hydrogens (primary N) is 1. The molecule has 1 fully saturated rings. The van der Waals surface area contributed by atoms with Crippen LogP contribution in [-0.2, 0) is 9.59 Å². The van der Waals surface area contributed by atoms with Crippen molar-refractivity contribution in [3.63, 3.8) is 0 Å². The summed E-state index contributed by atoms with van der Waals surface area (Å²) in [6.07, 6.45) is -0.178. The van der Waals surface area contributed by atoms with E-state index in [2.05, 4.69) is 49.9 Å². The number of hydrogen-bond acceptors (Lipinski definition) is 4. The van der Waals surface area contributed by atoms with Gasteiger partial charge in [-0.15, -0.1) is 0 Å². The second-order valence-electron chi connectivity index (χ2n) is 6.66. The highest BCUT2D eigenvalue weighted by molar-refractivity contribution is 5.96. The minimum atomic E-state index is -0.443. The fourth-order valence-electron chi connectivity index (χ4n) is 3.03. The molecular weight excluding hydrogens is 304 g/mol. The van der Waals surface area contributed by atoms with Gasteiger partial charge in [0.25, 0.3) is 0 Å². The zero-order valence-corrected chi connectivity index (χ0v) is 14.8. The molecule has 1 aromatic carbocycles. The minimum Gasteiger partial charge on any atom is -0.340 e. The lowest BCUT2D eigenvalue weighted by Gasteiger charge is -2.38. The second-order valence-corrected chi connectivity index (χ2v) is 6.66. The van der Waals surface area contributed by atoms with Gasteiger partial charge < -0.3 is 4.90 Å². The fourth-order valence-corrected chi connectivity index (χ4v) is 3.03. The lowest BCUT2D eigenvalue weighted by molar-refractivity contribution is -0.137. The average Bonchev–Trinajstić information content (AvgIpc) is 2.61. The van der Waals surface area contributed by atoms with Gasteiger partial charge in [0.15, 0.2) is 0 Å². The van der Waals surface area contributed by atoms with Gasteiger partial charge in [0, 0.05) is 32.2 Å². The van der Waals surface area contributed by atoms with Crippen molar-refractivity contribution in [3.05, 3.63) is 35.4 Å². The molecule has 1 aromatic rings. The average molecular weight is 332 g/mol. The van der Waals surface area contributed by atoms with Crippen molar-refractivity contribution in [2.45, 2.75) is 39.2 Å². The van der Waals surface area contributed by atoms with Crippen molar-refractivity contribution in [2.75, 3.05) is 26.2 Å². The number of nitrogens with zero attached hydrogens (tertiary/aromatic N) is 2. The van der Waals surface area contributed by atoms with Gasteiger partial charge in [-0.2, -0.15) is 0 Å². The van der Waals surface area contributed by atoms with Crippen molar-refractivity contribution in [1.29, 1.82) is 0 Å². The third-order valence-electron chi connectivity index (χ3n) is 4.77. The molecule has 1 unspecified atom stereocenters. The van der Waals surface area contributed by atoms with Crippen molar-refractivity contribution in [2.24, 2.45) is 5.84 Å². The number of hydrazine groups is 1. The molecule has 0 aliphatic carbocycles. The molecule has 132 valence electrons. The summed E-state index contributed by atoms with van der Waals surface area (Å²) in [7, 11) is 0. The number of rotatable bonds is 5. The van der Waals surface area contributed by atoms with Crippen LogP contribution in [0.3, 0.4) is 0 Å². The predicted molar refractivity (Wildman–Crippen MR) is 94.0 cm³/mol. The summed E-state index contributed by atoms with van der Waals surface area (Å²) in [6, 6.07) is 9.10. The second kappa shape index (κ2) is 8.26. The summed E-state index contributed by atoms with van der Waals surface area (Å²) in [5, 5.41) is 0. The van der Waals surface area contributed by atoms with E-state index in [0.717, 1.165) is 13.1 Å². The van der Waals surface area contributed by atoms with Crippen molar-refractivity contribution < 1.29 is 9.59 Å². The van der Waals surface area contributed by atoms with Gasteiger partial charge in [-0.05, 0) is 24.0 Å². The number of nitrogens with one attached hydrogen (secondary N) is 1. The lowest BCUT2D eigenvalue weighted by atomic mass is 9.99. The summed E-state index contributed by atoms with van der Waals surface area (Å²) < 4.78 is 0. The maximum absolute atomic E-state index is 12.0. The number of amides is 2. The molecule has 0 aromatic heterocycles. The molecule has 0 saturated carbocycles. The topological polar surface area (TPSA) is 78.7 Å². The molecule has 0 spiro atoms. The first kappa shape index (κ1) is 18.4. The Bertz CT molecular complexity index is 563. The lowest BCUT2D eigenvalue weighted by Crippen LogP contribution is -2.50. The molecule has 6 heteroatoms. The summed E-state index contributed by atoms with van der Waals surface area (Å²) in [6.45, 7) is 9.49. The van der Waals surface area contributed by atoms with E-state index in [0.29, 0.717) is 25.0 Å². The van der Waals surface area contributed by atoms with Crippen LogP contribution >= 0.6 is 0 Å². The minimum absolute atomic E-state index is 0.161. The Kier molecular flexibility index (Phi) is 6.34. The molecule has 1 saturated heterocycles. The van der Waals surface area contributed by atoms with E-state index in [1.165, 1.54) is 11.1 Å². The van der Waals surface area contributed by atoms with Crippen molar-refractivity contribution >= 4 is 11.8 Å². The standard InChI is InChI=1S/C18H28N4O2/c1-13(2)15-4-6-16(7-5-15)14(3)21-8-10-22(11-9-21)18(24)12-17(23)20-19/h4-7,13-14H,8-12,19H2,1-3H3,(H,20,23). The van der Waals surface area contributed by atoms with Gasteiger partial charge in [0.1, 0.15) is 6.42 Å². The van der Waals surface area contributed by atoms with E-state index in [1.54, 1.807) is 4.90 Å². The van der Waals surface area contributed by atoms with Gasteiger partial charge >= 0.3 is 0 Å². The highest BCUT2D eigenvalue weighted by atomic mass is 16.2. The van der Waals surface area contributed by atoms with Crippen LogP contribution in [0.2, 0.25) is 0 Å². The quantitative estimate of drug-likeness (QED) is 0.370. The molecular formula is C18H28N4O2. The van der Waals surface area contributed by atoms with Crippen LogP contribution in [0.4, 0.5) is 0 Å². The van der Waals surface area contributed by atoms with Crippen molar-refractivity contribution in [3.8, 4) is 0 Å². The maximum atomic E-state index is 12.0. The highest BCUT2D eigenvalue weighted by Gasteiger charge is 2.25. The van der Waals surface area contributed by atoms with Gasteiger partial charge in [-0.3, -0.25) is 19.9 Å². The first-order chi connectivity index (χ1) is 11.4. The number of piperazine rings is 1. The van der Waals surface area contributed by atoms with E-state index in [1.807, 2.05) is 5.43 Å². The van der Waals surface area contributed by atoms with Gasteiger partial charge in [0.2, 0.25) is 11.8 Å². The summed E-state index contributed by atoms with van der Waals surface area (Å²) in [5.41, 5.74) is 4.64. The van der Waals surface area contributed by atoms with E-state index in [9.17, 15) is 9.59 Å². The number of carbonyl (C=O) groups is 2. The largest absolute Gasteiger partial charge is 0.340 e. The van der Waals surface area contributed by atoms with E-state index < -0.39 is 5.91 Å². The van der Waals surface area contributed by atoms with E-state index in [-0.39, 0.29) is 12.3 Å². The summed E-state index contributed by atoms with van der Waals surface area (Å²) >= 11 is 0. The fraction of sp³-hybridized carbons (Fsp3) is 0.556. The van der Waals surface area contributed by atoms with Gasteiger partial charge in [-0.25, -0.2) is 5.84 Å². The van der Waals surface area contributed by atoms with Crippen LogP contribution in [-0.4, -0.2) is 47.8 Å². The summed E-state index contributed by atoms with van der Waals surface area (Å²) in [4.78, 5) is 27.3. The third-order valence-corrected chi connectivity index (χ3v) is 4.77. The molecule has 24 heavy (non-hydrogen) atoms. The molecule has 2 amide bonds. The zero-order valence-electron chi connectivity index (χ0n) is 14.8. The Morgan fingerprint density at radius 1 is 1.04 bits per heavy atom. The monoisotopic (exact) mass is 332 g/mol.